The molecule has 1 heterocycles. The maximum atomic E-state index is 11.0. The lowest BCUT2D eigenvalue weighted by molar-refractivity contribution is -0.136. The van der Waals surface area contributed by atoms with Crippen LogP contribution in [0, 0.1) is 23.7 Å². The van der Waals surface area contributed by atoms with Gasteiger partial charge in [0.05, 0.1) is 6.61 Å². The van der Waals surface area contributed by atoms with E-state index in [0.717, 1.165) is 12.3 Å². The van der Waals surface area contributed by atoms with E-state index in [1.54, 1.807) is 6.92 Å². The van der Waals surface area contributed by atoms with E-state index in [1.165, 1.54) is 6.42 Å². The van der Waals surface area contributed by atoms with Crippen molar-refractivity contribution in [2.45, 2.75) is 31.5 Å². The average Bonchev–Trinajstić information content (AvgIpc) is 3.03. The first-order chi connectivity index (χ1) is 6.76. The Hall–Kier alpha value is -1.01. The monoisotopic (exact) mass is 192 g/mol. The summed E-state index contributed by atoms with van der Waals surface area (Å²) in [6, 6.07) is 0. The van der Waals surface area contributed by atoms with Crippen LogP contribution in [0.2, 0.25) is 0 Å². The molecule has 74 valence electrons. The minimum absolute atomic E-state index is 0.239. The summed E-state index contributed by atoms with van der Waals surface area (Å²) >= 11 is 0. The summed E-state index contributed by atoms with van der Waals surface area (Å²) in [7, 11) is 0. The molecular formula is C11H12O3. The van der Waals surface area contributed by atoms with Crippen molar-refractivity contribution in [3.05, 3.63) is 0 Å². The van der Waals surface area contributed by atoms with Crippen molar-refractivity contribution in [1.82, 2.24) is 0 Å². The maximum Gasteiger partial charge on any atom is 0.384 e. The quantitative estimate of drug-likeness (QED) is 0.266. The summed E-state index contributed by atoms with van der Waals surface area (Å²) in [6.07, 6.45) is 2.68. The topological polar surface area (TPSA) is 38.8 Å². The van der Waals surface area contributed by atoms with Crippen molar-refractivity contribution in [3.8, 4) is 11.8 Å². The van der Waals surface area contributed by atoms with E-state index in [-0.39, 0.29) is 5.60 Å². The molecule has 0 radical (unpaired) electrons. The van der Waals surface area contributed by atoms with E-state index in [0.29, 0.717) is 18.6 Å². The minimum Gasteiger partial charge on any atom is -0.456 e. The number of ether oxygens (including phenoxy) is 2. The van der Waals surface area contributed by atoms with Crippen LogP contribution in [0.1, 0.15) is 19.8 Å². The van der Waals surface area contributed by atoms with Crippen LogP contribution in [0.25, 0.3) is 0 Å². The van der Waals surface area contributed by atoms with E-state index in [9.17, 15) is 4.79 Å². The third-order valence-corrected chi connectivity index (χ3v) is 3.38. The summed E-state index contributed by atoms with van der Waals surface area (Å²) in [6.45, 7) is 2.16. The predicted octanol–water partition coefficient (Wildman–Crippen LogP) is 0.730. The van der Waals surface area contributed by atoms with Gasteiger partial charge in [0.25, 0.3) is 0 Å². The van der Waals surface area contributed by atoms with Gasteiger partial charge in [-0.25, -0.2) is 4.79 Å². The Morgan fingerprint density at radius 1 is 1.64 bits per heavy atom. The van der Waals surface area contributed by atoms with Crippen molar-refractivity contribution >= 4 is 5.97 Å². The van der Waals surface area contributed by atoms with Crippen LogP contribution < -0.4 is 0 Å². The van der Waals surface area contributed by atoms with Gasteiger partial charge in [-0.15, -0.1) is 0 Å². The highest BCUT2D eigenvalue weighted by atomic mass is 16.6. The molecule has 0 aromatic rings. The van der Waals surface area contributed by atoms with Gasteiger partial charge >= 0.3 is 5.97 Å². The molecule has 2 aliphatic carbocycles. The molecule has 3 nitrogen and oxygen atoms in total. The van der Waals surface area contributed by atoms with E-state index >= 15 is 0 Å². The second-order valence-electron chi connectivity index (χ2n) is 4.21. The zero-order chi connectivity index (χ0) is 9.76. The van der Waals surface area contributed by atoms with Crippen LogP contribution in [0.15, 0.2) is 0 Å². The Morgan fingerprint density at radius 2 is 2.50 bits per heavy atom. The molecule has 0 bridgehead atoms. The molecule has 1 saturated heterocycles. The smallest absolute Gasteiger partial charge is 0.384 e. The van der Waals surface area contributed by atoms with Gasteiger partial charge in [-0.3, -0.25) is 0 Å². The molecule has 1 aliphatic heterocycles. The van der Waals surface area contributed by atoms with E-state index < -0.39 is 5.97 Å². The molecule has 14 heavy (non-hydrogen) atoms. The lowest BCUT2D eigenvalue weighted by Crippen LogP contribution is -2.12. The van der Waals surface area contributed by atoms with Crippen LogP contribution in [0.4, 0.5) is 0 Å². The number of esters is 1. The Morgan fingerprint density at radius 3 is 3.14 bits per heavy atom. The van der Waals surface area contributed by atoms with Gasteiger partial charge in [-0.1, -0.05) is 5.92 Å². The highest BCUT2D eigenvalue weighted by Crippen LogP contribution is 2.68. The second-order valence-corrected chi connectivity index (χ2v) is 4.21. The number of rotatable bonds is 1. The van der Waals surface area contributed by atoms with Gasteiger partial charge in [-0.2, -0.15) is 0 Å². The number of hydrogen-bond donors (Lipinski definition) is 0. The maximum absolute atomic E-state index is 11.0. The molecule has 3 aliphatic rings. The highest BCUT2D eigenvalue weighted by Gasteiger charge is 2.74. The molecule has 4 atom stereocenters. The Bertz CT molecular complexity index is 351. The van der Waals surface area contributed by atoms with Gasteiger partial charge in [0, 0.05) is 11.8 Å². The number of carbonyl (C=O) groups excluding carboxylic acids is 1. The van der Waals surface area contributed by atoms with Crippen LogP contribution in [0.5, 0.6) is 0 Å². The summed E-state index contributed by atoms with van der Waals surface area (Å²) in [5.41, 5.74) is -0.239. The minimum atomic E-state index is -0.430. The Labute approximate surface area is 82.8 Å². The van der Waals surface area contributed by atoms with Crippen molar-refractivity contribution in [2.75, 3.05) is 6.61 Å². The van der Waals surface area contributed by atoms with E-state index in [2.05, 4.69) is 11.8 Å². The molecule has 2 saturated carbocycles. The fourth-order valence-corrected chi connectivity index (χ4v) is 2.58. The molecule has 4 unspecified atom stereocenters. The molecule has 0 spiro atoms. The Kier molecular flexibility index (Phi) is 1.49. The third-order valence-electron chi connectivity index (χ3n) is 3.38. The molecule has 3 rings (SSSR count). The summed E-state index contributed by atoms with van der Waals surface area (Å²) < 4.78 is 10.3. The summed E-state index contributed by atoms with van der Waals surface area (Å²) in [5, 5.41) is 0. The van der Waals surface area contributed by atoms with Gasteiger partial charge in [-0.05, 0) is 25.7 Å². The van der Waals surface area contributed by atoms with Crippen LogP contribution >= 0.6 is 0 Å². The first-order valence-electron chi connectivity index (χ1n) is 5.14. The van der Waals surface area contributed by atoms with Gasteiger partial charge in [0.2, 0.25) is 0 Å². The van der Waals surface area contributed by atoms with Gasteiger partial charge < -0.3 is 9.47 Å². The van der Waals surface area contributed by atoms with E-state index in [1.807, 2.05) is 0 Å². The normalized spacial score (nSPS) is 45.6. The third kappa shape index (κ3) is 1.01. The first-order valence-corrected chi connectivity index (χ1v) is 5.14. The lowest BCUT2D eigenvalue weighted by atomic mass is 10.0. The number of fused-ring (bicyclic) bond motifs is 3. The zero-order valence-corrected chi connectivity index (χ0v) is 8.08. The summed E-state index contributed by atoms with van der Waals surface area (Å²) in [5.74, 6) is 6.49. The summed E-state index contributed by atoms with van der Waals surface area (Å²) in [4.78, 5) is 11.0. The van der Waals surface area contributed by atoms with Crippen molar-refractivity contribution in [2.24, 2.45) is 11.8 Å². The molecule has 3 fully saturated rings. The SMILES string of the molecule is CCOC(=O)C#CC12OC1CC1CC12. The Balaban J connectivity index is 1.70. The van der Waals surface area contributed by atoms with Crippen molar-refractivity contribution in [1.29, 1.82) is 0 Å². The number of epoxide rings is 1. The standard InChI is InChI=1S/C11H12O3/c1-2-13-10(12)3-4-11-8-5-7(8)6-9(11)14-11/h7-9H,2,5-6H2,1H3. The fourth-order valence-electron chi connectivity index (χ4n) is 2.58. The largest absolute Gasteiger partial charge is 0.456 e. The van der Waals surface area contributed by atoms with Crippen LogP contribution in [-0.4, -0.2) is 24.3 Å². The molecular weight excluding hydrogens is 180 g/mol. The number of carbonyl (C=O) groups is 1. The average molecular weight is 192 g/mol. The van der Waals surface area contributed by atoms with Crippen LogP contribution in [0.3, 0.4) is 0 Å². The predicted molar refractivity (Wildman–Crippen MR) is 48.2 cm³/mol. The molecule has 0 aromatic carbocycles. The molecule has 3 heteroatoms. The van der Waals surface area contributed by atoms with Crippen molar-refractivity contribution < 1.29 is 14.3 Å². The second kappa shape index (κ2) is 2.52. The zero-order valence-electron chi connectivity index (χ0n) is 8.08. The highest BCUT2D eigenvalue weighted by molar-refractivity contribution is 5.88. The van der Waals surface area contributed by atoms with Crippen LogP contribution in [-0.2, 0) is 14.3 Å². The molecule has 0 N–H and O–H groups in total. The van der Waals surface area contributed by atoms with E-state index in [4.69, 9.17) is 9.47 Å². The lowest BCUT2D eigenvalue weighted by Gasteiger charge is -1.97. The fraction of sp³-hybridized carbons (Fsp3) is 0.727. The molecule has 0 amide bonds. The van der Waals surface area contributed by atoms with Crippen molar-refractivity contribution in [3.63, 3.8) is 0 Å². The first kappa shape index (κ1) is 8.31. The van der Waals surface area contributed by atoms with Gasteiger partial charge in [0.1, 0.15) is 6.10 Å². The van der Waals surface area contributed by atoms with Gasteiger partial charge in [0.15, 0.2) is 5.60 Å². The number of hydrogen-bond acceptors (Lipinski definition) is 3. The molecule has 0 aromatic heterocycles.